The van der Waals surface area contributed by atoms with Crippen LogP contribution in [-0.2, 0) is 35.2 Å². The topological polar surface area (TPSA) is 103 Å². The van der Waals surface area contributed by atoms with E-state index < -0.39 is 0 Å². The summed E-state index contributed by atoms with van der Waals surface area (Å²) >= 11 is 0. The molecule has 8 aromatic rings. The van der Waals surface area contributed by atoms with Crippen LogP contribution in [0.5, 0.6) is 46.0 Å². The first-order chi connectivity index (χ1) is 39.0. The SMILES string of the molecule is CCCc1ccc(OC)c(OC)c1.CCCc1ccc(OCC)c(OC)c1.COc1ccc(C(C)(C)c2ccc(OCOc3ccc(Cc4ccccc4)cc3)cc2)cc1.COc1ccc(Cc2ccccc2)cc1.O[SiH3].[SiH3]O[SiH3]. The lowest BCUT2D eigenvalue weighted by molar-refractivity contribution is 0.120. The van der Waals surface area contributed by atoms with Gasteiger partial charge in [0.25, 0.3) is 0 Å². The van der Waals surface area contributed by atoms with E-state index in [1.165, 1.54) is 44.5 Å². The summed E-state index contributed by atoms with van der Waals surface area (Å²) in [5, 5.41) is 0. The Hall–Kier alpha value is -7.27. The lowest BCUT2D eigenvalue weighted by Gasteiger charge is -2.26. The summed E-state index contributed by atoms with van der Waals surface area (Å²) < 4.78 is 47.5. The molecule has 428 valence electrons. The Labute approximate surface area is 487 Å². The maximum absolute atomic E-state index is 7.14. The highest BCUT2D eigenvalue weighted by Crippen LogP contribution is 2.34. The number of aryl methyl sites for hydroxylation is 2. The zero-order valence-corrected chi connectivity index (χ0v) is 55.8. The van der Waals surface area contributed by atoms with Gasteiger partial charge in [-0.25, -0.2) is 0 Å². The van der Waals surface area contributed by atoms with Gasteiger partial charge in [-0.3, -0.25) is 0 Å². The number of methoxy groups -OCH3 is 5. The van der Waals surface area contributed by atoms with Crippen LogP contribution in [0.2, 0.25) is 0 Å². The summed E-state index contributed by atoms with van der Waals surface area (Å²) in [7, 11) is 10.5. The van der Waals surface area contributed by atoms with Gasteiger partial charge in [0.15, 0.2) is 23.0 Å². The van der Waals surface area contributed by atoms with E-state index >= 15 is 0 Å². The first kappa shape index (κ1) is 67.0. The van der Waals surface area contributed by atoms with Gasteiger partial charge >= 0.3 is 0 Å². The third-order valence-corrected chi connectivity index (χ3v) is 12.5. The van der Waals surface area contributed by atoms with Crippen molar-refractivity contribution in [3.05, 3.63) is 239 Å². The molecule has 0 radical (unpaired) electrons. The minimum atomic E-state index is -0.122. The van der Waals surface area contributed by atoms with Gasteiger partial charge in [0, 0.05) is 5.41 Å². The molecular weight excluding hydrogens is 1050 g/mol. The van der Waals surface area contributed by atoms with E-state index in [4.69, 9.17) is 42.7 Å². The smallest absolute Gasteiger partial charge is 0.230 e. The highest BCUT2D eigenvalue weighted by atomic mass is 28.3. The fourth-order valence-electron chi connectivity index (χ4n) is 8.17. The molecule has 0 bridgehead atoms. The second-order valence-corrected chi connectivity index (χ2v) is 21.9. The van der Waals surface area contributed by atoms with Gasteiger partial charge in [0.2, 0.25) is 6.79 Å². The molecule has 0 aliphatic heterocycles. The maximum atomic E-state index is 7.14. The molecular formula is C67H88O10Si3. The predicted octanol–water partition coefficient (Wildman–Crippen LogP) is 11.8. The molecule has 10 nitrogen and oxygen atoms in total. The molecule has 0 saturated heterocycles. The predicted molar refractivity (Wildman–Crippen MR) is 340 cm³/mol. The van der Waals surface area contributed by atoms with Crippen LogP contribution in [0.4, 0.5) is 0 Å². The first-order valence-electron chi connectivity index (χ1n) is 27.1. The van der Waals surface area contributed by atoms with E-state index in [9.17, 15) is 0 Å². The van der Waals surface area contributed by atoms with Crippen LogP contribution < -0.4 is 37.9 Å². The van der Waals surface area contributed by atoms with Gasteiger partial charge in [-0.1, -0.05) is 162 Å². The van der Waals surface area contributed by atoms with E-state index in [1.54, 1.807) is 35.5 Å². The van der Waals surface area contributed by atoms with Crippen LogP contribution in [0, 0.1) is 0 Å². The van der Waals surface area contributed by atoms with Gasteiger partial charge in [0.05, 0.1) is 42.2 Å². The Morgan fingerprint density at radius 1 is 0.362 bits per heavy atom. The Balaban J connectivity index is 0.000000299. The van der Waals surface area contributed by atoms with Crippen LogP contribution >= 0.6 is 0 Å². The van der Waals surface area contributed by atoms with Crippen molar-refractivity contribution in [1.29, 1.82) is 0 Å². The fraction of sp³-hybridized carbons (Fsp3) is 0.284. The van der Waals surface area contributed by atoms with E-state index in [0.717, 1.165) is 105 Å². The molecule has 0 saturated carbocycles. The van der Waals surface area contributed by atoms with Crippen molar-refractivity contribution >= 4 is 31.5 Å². The molecule has 0 amide bonds. The maximum Gasteiger partial charge on any atom is 0.230 e. The van der Waals surface area contributed by atoms with E-state index in [0.29, 0.717) is 17.1 Å². The zero-order chi connectivity index (χ0) is 58.4. The van der Waals surface area contributed by atoms with Crippen LogP contribution in [0.3, 0.4) is 0 Å². The molecule has 0 aliphatic rings. The normalized spacial score (nSPS) is 10.2. The van der Waals surface area contributed by atoms with E-state index in [-0.39, 0.29) is 12.2 Å². The minimum absolute atomic E-state index is 0.122. The minimum Gasteiger partial charge on any atom is -0.497 e. The standard InChI is InChI=1S/C30H30O3.C14H14O.C12H18O2.C11H16O2.H6OSi2.H4OSi/c1-30(2,25-11-17-27(31-3)18-12-25)26-13-19-29(20-14-26)33-22-32-28-15-9-24(10-16-28)21-23-7-5-4-6-8-23;1-15-14-9-7-13(8-10-14)11-12-5-3-2-4-6-12;1-4-6-10-7-8-11(14-5-2)12(9-10)13-3;1-4-5-9-6-7-10(12-2)11(8-9)13-3;2-1-3;1-2/h4-20H,21-22H2,1-3H3;2-10H,11H2,1H3;7-9H,4-6H2,1-3H3;6-8H,4-5H2,1-3H3;2-3H3;1H,2H3. The molecule has 1 N–H and O–H groups in total. The van der Waals surface area contributed by atoms with Crippen LogP contribution in [0.1, 0.15) is 92.0 Å². The molecule has 0 aromatic heterocycles. The fourth-order valence-corrected chi connectivity index (χ4v) is 8.17. The Morgan fingerprint density at radius 3 is 1.05 bits per heavy atom. The van der Waals surface area contributed by atoms with Crippen molar-refractivity contribution in [3.63, 3.8) is 0 Å². The lowest BCUT2D eigenvalue weighted by Crippen LogP contribution is -2.18. The average Bonchev–Trinajstić information content (AvgIpc) is 3.50. The summed E-state index contributed by atoms with van der Waals surface area (Å²) in [5.74, 6) is 6.62. The molecule has 0 heterocycles. The summed E-state index contributed by atoms with van der Waals surface area (Å²) in [6.45, 7) is 11.6. The molecule has 0 atom stereocenters. The molecule has 0 spiro atoms. The van der Waals surface area contributed by atoms with E-state index in [2.05, 4.69) is 147 Å². The van der Waals surface area contributed by atoms with E-state index in [1.807, 2.05) is 85.8 Å². The van der Waals surface area contributed by atoms with Gasteiger partial charge in [-0.05, 0) is 150 Å². The van der Waals surface area contributed by atoms with Crippen LogP contribution in [0.15, 0.2) is 194 Å². The highest BCUT2D eigenvalue weighted by Gasteiger charge is 2.23. The average molecular weight is 1140 g/mol. The van der Waals surface area contributed by atoms with Gasteiger partial charge in [0.1, 0.15) is 54.5 Å². The Kier molecular flexibility index (Phi) is 32.8. The molecule has 8 rings (SSSR count). The third-order valence-electron chi connectivity index (χ3n) is 12.5. The van der Waals surface area contributed by atoms with Crippen molar-refractivity contribution in [2.45, 2.75) is 78.6 Å². The quantitative estimate of drug-likeness (QED) is 0.0553. The summed E-state index contributed by atoms with van der Waals surface area (Å²) in [6, 6.07) is 65.9. The Morgan fingerprint density at radius 2 is 0.688 bits per heavy atom. The summed E-state index contributed by atoms with van der Waals surface area (Å²) in [5.41, 5.74) is 10.1. The number of ether oxygens (including phenoxy) is 8. The number of hydrogen-bond donors (Lipinski definition) is 1. The molecule has 80 heavy (non-hydrogen) atoms. The summed E-state index contributed by atoms with van der Waals surface area (Å²) in [4.78, 5) is 7.14. The second-order valence-electron chi connectivity index (χ2n) is 18.6. The van der Waals surface area contributed by atoms with Crippen molar-refractivity contribution in [2.24, 2.45) is 0 Å². The lowest BCUT2D eigenvalue weighted by atomic mass is 9.78. The summed E-state index contributed by atoms with van der Waals surface area (Å²) in [6.07, 6.45) is 6.36. The van der Waals surface area contributed by atoms with Crippen molar-refractivity contribution in [2.75, 3.05) is 48.9 Å². The Bertz CT molecular complexity index is 2830. The molecule has 0 aliphatic carbocycles. The van der Waals surface area contributed by atoms with Gasteiger partial charge in [-0.2, -0.15) is 0 Å². The highest BCUT2D eigenvalue weighted by molar-refractivity contribution is 6.15. The molecule has 0 unspecified atom stereocenters. The molecule has 8 aromatic carbocycles. The third kappa shape index (κ3) is 24.0. The van der Waals surface area contributed by atoms with Crippen LogP contribution in [0.25, 0.3) is 0 Å². The van der Waals surface area contributed by atoms with Crippen LogP contribution in [-0.4, -0.2) is 85.2 Å². The van der Waals surface area contributed by atoms with Gasteiger partial charge < -0.3 is 46.8 Å². The number of hydrogen-bond acceptors (Lipinski definition) is 10. The van der Waals surface area contributed by atoms with Crippen molar-refractivity contribution in [3.8, 4) is 46.0 Å². The monoisotopic (exact) mass is 1140 g/mol. The van der Waals surface area contributed by atoms with Crippen molar-refractivity contribution < 1.29 is 46.8 Å². The molecule has 13 heteroatoms. The second kappa shape index (κ2) is 39.2. The zero-order valence-electron chi connectivity index (χ0n) is 49.8. The number of rotatable bonds is 21. The van der Waals surface area contributed by atoms with Crippen molar-refractivity contribution in [1.82, 2.24) is 0 Å². The van der Waals surface area contributed by atoms with Gasteiger partial charge in [-0.15, -0.1) is 0 Å². The largest absolute Gasteiger partial charge is 0.497 e. The number of benzene rings is 8. The first-order valence-corrected chi connectivity index (χ1v) is 29.7. The molecule has 0 fully saturated rings.